The van der Waals surface area contributed by atoms with Gasteiger partial charge in [-0.2, -0.15) is 0 Å². The second-order valence-electron chi connectivity index (χ2n) is 6.19. The lowest BCUT2D eigenvalue weighted by molar-refractivity contribution is -0.121. The lowest BCUT2D eigenvalue weighted by Crippen LogP contribution is -2.38. The zero-order chi connectivity index (χ0) is 19.6. The summed E-state index contributed by atoms with van der Waals surface area (Å²) >= 11 is 0. The number of carbonyl (C=O) groups is 1. The van der Waals surface area contributed by atoms with Crippen molar-refractivity contribution in [3.05, 3.63) is 62.6 Å². The van der Waals surface area contributed by atoms with Crippen LogP contribution in [0, 0.1) is 12.3 Å². The van der Waals surface area contributed by atoms with E-state index in [1.807, 2.05) is 24.3 Å². The van der Waals surface area contributed by atoms with E-state index < -0.39 is 11.2 Å². The summed E-state index contributed by atoms with van der Waals surface area (Å²) in [6, 6.07) is 7.56. The van der Waals surface area contributed by atoms with Crippen LogP contribution in [0.2, 0.25) is 0 Å². The molecule has 0 saturated heterocycles. The number of rotatable bonds is 5. The second kappa shape index (κ2) is 7.33. The fourth-order valence-corrected chi connectivity index (χ4v) is 2.84. The molecule has 3 rings (SSSR count). The minimum atomic E-state index is -0.480. The third-order valence-corrected chi connectivity index (χ3v) is 4.39. The first-order chi connectivity index (χ1) is 12.9. The monoisotopic (exact) mass is 365 g/mol. The molecule has 2 heterocycles. The highest BCUT2D eigenvalue weighted by Crippen LogP contribution is 2.06. The fraction of sp³-hybridized carbons (Fsp3) is 0.263. The summed E-state index contributed by atoms with van der Waals surface area (Å²) in [6.07, 6.45) is 7.38. The maximum atomic E-state index is 12.4. The van der Waals surface area contributed by atoms with Crippen LogP contribution in [0.5, 0.6) is 0 Å². The Labute approximate surface area is 155 Å². The maximum absolute atomic E-state index is 12.4. The number of aryl methyl sites for hydroxylation is 1. The average Bonchev–Trinajstić information content (AvgIpc) is 3.08. The Morgan fingerprint density at radius 1 is 1.19 bits per heavy atom. The van der Waals surface area contributed by atoms with Crippen molar-refractivity contribution in [2.75, 3.05) is 6.54 Å². The zero-order valence-corrected chi connectivity index (χ0v) is 15.1. The molecule has 0 aliphatic rings. The molecule has 27 heavy (non-hydrogen) atoms. The van der Waals surface area contributed by atoms with Crippen LogP contribution >= 0.6 is 0 Å². The highest BCUT2D eigenvalue weighted by molar-refractivity contribution is 5.78. The van der Waals surface area contributed by atoms with Crippen molar-refractivity contribution in [1.82, 2.24) is 24.0 Å². The average molecular weight is 365 g/mol. The predicted octanol–water partition coefficient (Wildman–Crippen LogP) is -0.226. The van der Waals surface area contributed by atoms with E-state index in [0.717, 1.165) is 15.7 Å². The van der Waals surface area contributed by atoms with Gasteiger partial charge in [-0.15, -0.1) is 6.42 Å². The van der Waals surface area contributed by atoms with Gasteiger partial charge in [0.1, 0.15) is 6.54 Å². The van der Waals surface area contributed by atoms with E-state index in [1.165, 1.54) is 29.6 Å². The van der Waals surface area contributed by atoms with Crippen LogP contribution < -0.4 is 16.6 Å². The number of nitrogens with zero attached hydrogens (tertiary/aromatic N) is 4. The number of hydrogen-bond donors (Lipinski definition) is 1. The molecule has 0 spiro atoms. The van der Waals surface area contributed by atoms with Gasteiger partial charge in [-0.1, -0.05) is 18.1 Å². The molecule has 0 saturated carbocycles. The Morgan fingerprint density at radius 2 is 1.89 bits per heavy atom. The van der Waals surface area contributed by atoms with Crippen LogP contribution in [0.15, 0.2) is 40.2 Å². The molecule has 1 aromatic carbocycles. The van der Waals surface area contributed by atoms with Gasteiger partial charge in [0, 0.05) is 26.2 Å². The molecule has 2 aromatic heterocycles. The van der Waals surface area contributed by atoms with E-state index in [4.69, 9.17) is 6.42 Å². The largest absolute Gasteiger partial charge is 0.354 e. The number of fused-ring (bicyclic) bond motifs is 1. The quantitative estimate of drug-likeness (QED) is 0.633. The van der Waals surface area contributed by atoms with Crippen LogP contribution in [-0.4, -0.2) is 31.1 Å². The molecule has 8 heteroatoms. The summed E-state index contributed by atoms with van der Waals surface area (Å²) in [6.45, 7) is 0.400. The van der Waals surface area contributed by atoms with Crippen LogP contribution in [0.25, 0.3) is 11.2 Å². The molecule has 0 fully saturated rings. The predicted molar refractivity (Wildman–Crippen MR) is 101 cm³/mol. The van der Waals surface area contributed by atoms with Gasteiger partial charge in [0.05, 0.1) is 6.33 Å². The van der Waals surface area contributed by atoms with Gasteiger partial charge in [-0.3, -0.25) is 18.7 Å². The van der Waals surface area contributed by atoms with Crippen molar-refractivity contribution in [3.63, 3.8) is 0 Å². The zero-order valence-electron chi connectivity index (χ0n) is 15.1. The summed E-state index contributed by atoms with van der Waals surface area (Å²) in [5, 5.41) is 2.82. The van der Waals surface area contributed by atoms with Crippen molar-refractivity contribution < 1.29 is 4.79 Å². The van der Waals surface area contributed by atoms with E-state index in [1.54, 1.807) is 0 Å². The Kier molecular flexibility index (Phi) is 4.94. The number of carbonyl (C=O) groups excluding carboxylic acids is 1. The molecule has 0 unspecified atom stereocenters. The highest BCUT2D eigenvalue weighted by Gasteiger charge is 2.15. The lowest BCUT2D eigenvalue weighted by Gasteiger charge is -2.08. The molecular weight excluding hydrogens is 346 g/mol. The van der Waals surface area contributed by atoms with Gasteiger partial charge < -0.3 is 9.88 Å². The van der Waals surface area contributed by atoms with Crippen molar-refractivity contribution in [3.8, 4) is 12.3 Å². The highest BCUT2D eigenvalue weighted by atomic mass is 16.2. The summed E-state index contributed by atoms with van der Waals surface area (Å²) in [5.41, 5.74) is 1.41. The van der Waals surface area contributed by atoms with Gasteiger partial charge in [0.25, 0.3) is 5.56 Å². The molecule has 0 aliphatic heterocycles. The number of nitrogens with one attached hydrogen (secondary N) is 1. The number of benzene rings is 1. The topological polar surface area (TPSA) is 90.9 Å². The number of hydrogen-bond acceptors (Lipinski definition) is 4. The van der Waals surface area contributed by atoms with E-state index in [9.17, 15) is 14.4 Å². The molecule has 1 amide bonds. The van der Waals surface area contributed by atoms with Gasteiger partial charge in [-0.25, -0.2) is 9.78 Å². The molecule has 8 nitrogen and oxygen atoms in total. The molecule has 3 aromatic rings. The molecule has 138 valence electrons. The normalized spacial score (nSPS) is 10.7. The molecular formula is C19H19N5O3. The van der Waals surface area contributed by atoms with Crippen molar-refractivity contribution >= 4 is 17.1 Å². The lowest BCUT2D eigenvalue weighted by atomic mass is 10.1. The number of amides is 1. The van der Waals surface area contributed by atoms with Gasteiger partial charge >= 0.3 is 5.69 Å². The van der Waals surface area contributed by atoms with E-state index in [-0.39, 0.29) is 23.6 Å². The molecule has 0 aliphatic carbocycles. The van der Waals surface area contributed by atoms with Gasteiger partial charge in [-0.05, 0) is 24.1 Å². The van der Waals surface area contributed by atoms with Crippen LogP contribution in [0.1, 0.15) is 11.1 Å². The minimum Gasteiger partial charge on any atom is -0.354 e. The number of terminal acetylenes is 1. The molecule has 0 atom stereocenters. The third kappa shape index (κ3) is 3.53. The van der Waals surface area contributed by atoms with Gasteiger partial charge in [0.2, 0.25) is 5.91 Å². The Balaban J connectivity index is 1.68. The van der Waals surface area contributed by atoms with E-state index >= 15 is 0 Å². The molecule has 0 bridgehead atoms. The van der Waals surface area contributed by atoms with Crippen LogP contribution in [0.4, 0.5) is 0 Å². The number of aromatic nitrogens is 4. The SMILES string of the molecule is C#Cc1ccc(CCNC(=O)Cn2cnc3c2c(=O)n(C)c(=O)n3C)cc1. The first-order valence-corrected chi connectivity index (χ1v) is 8.35. The smallest absolute Gasteiger partial charge is 0.332 e. The van der Waals surface area contributed by atoms with Crippen molar-refractivity contribution in [1.29, 1.82) is 0 Å². The maximum Gasteiger partial charge on any atom is 0.332 e. The van der Waals surface area contributed by atoms with E-state index in [2.05, 4.69) is 16.2 Å². The standard InChI is InChI=1S/C19H19N5O3/c1-4-13-5-7-14(8-6-13)9-10-20-15(25)11-24-12-21-17-16(24)18(26)23(3)19(27)22(17)2/h1,5-8,12H,9-11H2,2-3H3,(H,20,25). The summed E-state index contributed by atoms with van der Waals surface area (Å²) in [5.74, 6) is 2.31. The summed E-state index contributed by atoms with van der Waals surface area (Å²) < 4.78 is 3.73. The van der Waals surface area contributed by atoms with Crippen molar-refractivity contribution in [2.45, 2.75) is 13.0 Å². The van der Waals surface area contributed by atoms with E-state index in [0.29, 0.717) is 13.0 Å². The molecule has 1 N–H and O–H groups in total. The summed E-state index contributed by atoms with van der Waals surface area (Å²) in [4.78, 5) is 40.6. The minimum absolute atomic E-state index is 0.0556. The Morgan fingerprint density at radius 3 is 2.56 bits per heavy atom. The third-order valence-electron chi connectivity index (χ3n) is 4.39. The second-order valence-corrected chi connectivity index (χ2v) is 6.19. The van der Waals surface area contributed by atoms with Crippen LogP contribution in [0.3, 0.4) is 0 Å². The Hall–Kier alpha value is -3.60. The molecule has 0 radical (unpaired) electrons. The van der Waals surface area contributed by atoms with Crippen molar-refractivity contribution in [2.24, 2.45) is 14.1 Å². The first-order valence-electron chi connectivity index (χ1n) is 8.35. The van der Waals surface area contributed by atoms with Crippen LogP contribution in [-0.2, 0) is 31.9 Å². The summed E-state index contributed by atoms with van der Waals surface area (Å²) in [7, 11) is 2.93. The fourth-order valence-electron chi connectivity index (χ4n) is 2.84. The van der Waals surface area contributed by atoms with Gasteiger partial charge in [0.15, 0.2) is 11.2 Å². The number of imidazole rings is 1. The Bertz CT molecular complexity index is 1160. The first kappa shape index (κ1) is 18.2.